The molecule has 1 aliphatic heterocycles. The molecule has 1 aromatic heterocycles. The third kappa shape index (κ3) is 3.48. The molecule has 0 unspecified atom stereocenters. The van der Waals surface area contributed by atoms with Crippen molar-refractivity contribution in [3.05, 3.63) is 65.5 Å². The molecule has 1 amide bonds. The summed E-state index contributed by atoms with van der Waals surface area (Å²) in [5.74, 6) is 0.0824. The molecule has 144 valence electrons. The van der Waals surface area contributed by atoms with Crippen molar-refractivity contribution < 1.29 is 14.6 Å². The zero-order valence-electron chi connectivity index (χ0n) is 15.7. The normalized spacial score (nSPS) is 13.4. The van der Waals surface area contributed by atoms with Crippen LogP contribution in [0.3, 0.4) is 0 Å². The van der Waals surface area contributed by atoms with Gasteiger partial charge in [0.05, 0.1) is 25.4 Å². The smallest absolute Gasteiger partial charge is 0.254 e. The molecule has 28 heavy (non-hydrogen) atoms. The second-order valence-corrected chi connectivity index (χ2v) is 6.77. The first-order valence-corrected chi connectivity index (χ1v) is 9.25. The molecule has 0 spiro atoms. The van der Waals surface area contributed by atoms with Crippen molar-refractivity contribution in [2.24, 2.45) is 0 Å². The van der Waals surface area contributed by atoms with E-state index in [9.17, 15) is 9.90 Å². The predicted molar refractivity (Wildman–Crippen MR) is 104 cm³/mol. The zero-order chi connectivity index (χ0) is 19.5. The van der Waals surface area contributed by atoms with Crippen LogP contribution in [-0.4, -0.2) is 51.2 Å². The van der Waals surface area contributed by atoms with Gasteiger partial charge in [-0.1, -0.05) is 35.5 Å². The van der Waals surface area contributed by atoms with Gasteiger partial charge in [0, 0.05) is 31.2 Å². The molecular formula is C21H22N4O3. The van der Waals surface area contributed by atoms with E-state index in [-0.39, 0.29) is 11.7 Å². The Hall–Kier alpha value is -3.19. The fraction of sp³-hybridized carbons (Fsp3) is 0.286. The van der Waals surface area contributed by atoms with E-state index in [2.05, 4.69) is 10.3 Å². The van der Waals surface area contributed by atoms with Crippen molar-refractivity contribution in [2.75, 3.05) is 20.3 Å². The molecule has 3 aromatic rings. The number of benzene rings is 2. The summed E-state index contributed by atoms with van der Waals surface area (Å²) in [6.45, 7) is 2.27. The van der Waals surface area contributed by atoms with Gasteiger partial charge in [-0.25, -0.2) is 4.68 Å². The van der Waals surface area contributed by atoms with Crippen LogP contribution in [0.2, 0.25) is 0 Å². The first-order chi connectivity index (χ1) is 13.7. The number of hydrogen-bond acceptors (Lipinski definition) is 5. The molecule has 0 atom stereocenters. The first-order valence-electron chi connectivity index (χ1n) is 9.25. The Bertz CT molecular complexity index is 985. The van der Waals surface area contributed by atoms with E-state index in [1.807, 2.05) is 35.0 Å². The van der Waals surface area contributed by atoms with Gasteiger partial charge in [0.1, 0.15) is 11.4 Å². The Morgan fingerprint density at radius 3 is 2.82 bits per heavy atom. The number of amides is 1. The third-order valence-corrected chi connectivity index (χ3v) is 5.00. The number of fused-ring (bicyclic) bond motifs is 1. The lowest BCUT2D eigenvalue weighted by Gasteiger charge is -2.26. The summed E-state index contributed by atoms with van der Waals surface area (Å²) >= 11 is 0. The SMILES string of the molecule is COCCn1nnc2c1CCN(C(=O)c1ccc(O)c(-c3ccccc3)c1)C2. The monoisotopic (exact) mass is 378 g/mol. The molecule has 0 bridgehead atoms. The number of ether oxygens (including phenoxy) is 1. The molecule has 0 saturated heterocycles. The van der Waals surface area contributed by atoms with Crippen molar-refractivity contribution >= 4 is 5.91 Å². The van der Waals surface area contributed by atoms with Crippen molar-refractivity contribution in [1.82, 2.24) is 19.9 Å². The molecule has 1 N–H and O–H groups in total. The number of nitrogens with zero attached hydrogens (tertiary/aromatic N) is 4. The van der Waals surface area contributed by atoms with Crippen LogP contribution in [0.4, 0.5) is 0 Å². The largest absolute Gasteiger partial charge is 0.507 e. The van der Waals surface area contributed by atoms with Gasteiger partial charge >= 0.3 is 0 Å². The number of hydrogen-bond donors (Lipinski definition) is 1. The van der Waals surface area contributed by atoms with Gasteiger partial charge in [-0.15, -0.1) is 5.10 Å². The topological polar surface area (TPSA) is 80.5 Å². The van der Waals surface area contributed by atoms with E-state index < -0.39 is 0 Å². The Morgan fingerprint density at radius 2 is 2.04 bits per heavy atom. The average molecular weight is 378 g/mol. The first kappa shape index (κ1) is 18.2. The molecule has 2 heterocycles. The zero-order valence-corrected chi connectivity index (χ0v) is 15.7. The van der Waals surface area contributed by atoms with Gasteiger partial charge < -0.3 is 14.7 Å². The van der Waals surface area contributed by atoms with Crippen LogP contribution in [0.1, 0.15) is 21.7 Å². The van der Waals surface area contributed by atoms with Crippen molar-refractivity contribution in [3.63, 3.8) is 0 Å². The minimum absolute atomic E-state index is 0.0747. The van der Waals surface area contributed by atoms with Gasteiger partial charge in [-0.3, -0.25) is 4.79 Å². The Kier molecular flexibility index (Phi) is 5.08. The maximum atomic E-state index is 13.1. The van der Waals surface area contributed by atoms with Crippen LogP contribution in [0.15, 0.2) is 48.5 Å². The molecule has 7 nitrogen and oxygen atoms in total. The fourth-order valence-corrected chi connectivity index (χ4v) is 3.50. The highest BCUT2D eigenvalue weighted by atomic mass is 16.5. The number of aromatic nitrogens is 3. The summed E-state index contributed by atoms with van der Waals surface area (Å²) in [5, 5.41) is 18.6. The summed E-state index contributed by atoms with van der Waals surface area (Å²) < 4.78 is 6.96. The third-order valence-electron chi connectivity index (χ3n) is 5.00. The van der Waals surface area contributed by atoms with E-state index in [1.54, 1.807) is 30.2 Å². The number of phenolic OH excluding ortho intramolecular Hbond substituents is 1. The second-order valence-electron chi connectivity index (χ2n) is 6.77. The van der Waals surface area contributed by atoms with Crippen LogP contribution in [0.25, 0.3) is 11.1 Å². The Morgan fingerprint density at radius 1 is 1.21 bits per heavy atom. The highest BCUT2D eigenvalue weighted by Gasteiger charge is 2.26. The Labute approximate surface area is 163 Å². The quantitative estimate of drug-likeness (QED) is 0.738. The summed E-state index contributed by atoms with van der Waals surface area (Å²) in [4.78, 5) is 14.8. The highest BCUT2D eigenvalue weighted by molar-refractivity contribution is 5.96. The highest BCUT2D eigenvalue weighted by Crippen LogP contribution is 2.30. The van der Waals surface area contributed by atoms with Crippen molar-refractivity contribution in [2.45, 2.75) is 19.5 Å². The van der Waals surface area contributed by atoms with Gasteiger partial charge in [0.25, 0.3) is 5.91 Å². The van der Waals surface area contributed by atoms with Gasteiger partial charge in [0.15, 0.2) is 0 Å². The predicted octanol–water partition coefficient (Wildman–Crippen LogP) is 2.50. The van der Waals surface area contributed by atoms with E-state index in [0.717, 1.165) is 17.0 Å². The van der Waals surface area contributed by atoms with Crippen LogP contribution >= 0.6 is 0 Å². The number of methoxy groups -OCH3 is 1. The summed E-state index contributed by atoms with van der Waals surface area (Å²) in [6.07, 6.45) is 0.710. The lowest BCUT2D eigenvalue weighted by atomic mass is 10.0. The summed E-state index contributed by atoms with van der Waals surface area (Å²) in [6, 6.07) is 14.5. The molecule has 2 aromatic carbocycles. The average Bonchev–Trinajstić information content (AvgIpc) is 3.15. The molecule has 0 aliphatic carbocycles. The molecule has 1 aliphatic rings. The summed E-state index contributed by atoms with van der Waals surface area (Å²) in [7, 11) is 1.66. The van der Waals surface area contributed by atoms with Gasteiger partial charge in [0.2, 0.25) is 0 Å². The lowest BCUT2D eigenvalue weighted by molar-refractivity contribution is 0.0730. The van der Waals surface area contributed by atoms with Gasteiger partial charge in [-0.05, 0) is 23.8 Å². The standard InChI is InChI=1S/C21H22N4O3/c1-28-12-11-25-19-9-10-24(14-18(19)22-23-25)21(27)16-7-8-20(26)17(13-16)15-5-3-2-4-6-15/h2-8,13,26H,9-12,14H2,1H3. The van der Waals surface area contributed by atoms with E-state index in [4.69, 9.17) is 4.74 Å². The number of rotatable bonds is 5. The minimum Gasteiger partial charge on any atom is -0.507 e. The number of aromatic hydroxyl groups is 1. The van der Waals surface area contributed by atoms with Crippen LogP contribution in [-0.2, 0) is 24.2 Å². The van der Waals surface area contributed by atoms with Crippen LogP contribution in [0.5, 0.6) is 5.75 Å². The Balaban J connectivity index is 1.55. The lowest BCUT2D eigenvalue weighted by Crippen LogP contribution is -2.36. The number of carbonyl (C=O) groups is 1. The van der Waals surface area contributed by atoms with E-state index >= 15 is 0 Å². The fourth-order valence-electron chi connectivity index (χ4n) is 3.50. The maximum Gasteiger partial charge on any atom is 0.254 e. The number of carbonyl (C=O) groups excluding carboxylic acids is 1. The molecule has 7 heteroatoms. The maximum absolute atomic E-state index is 13.1. The minimum atomic E-state index is -0.0747. The van der Waals surface area contributed by atoms with Crippen LogP contribution in [0, 0.1) is 0 Å². The molecule has 0 fully saturated rings. The molecule has 4 rings (SSSR count). The molecule has 0 saturated carbocycles. The number of phenols is 1. The van der Waals surface area contributed by atoms with E-state index in [0.29, 0.717) is 43.8 Å². The summed E-state index contributed by atoms with van der Waals surface area (Å²) in [5.41, 5.74) is 3.97. The van der Waals surface area contributed by atoms with Crippen molar-refractivity contribution in [3.8, 4) is 16.9 Å². The van der Waals surface area contributed by atoms with Crippen molar-refractivity contribution in [1.29, 1.82) is 0 Å². The molecule has 0 radical (unpaired) electrons. The molecular weight excluding hydrogens is 356 g/mol. The van der Waals surface area contributed by atoms with Gasteiger partial charge in [-0.2, -0.15) is 0 Å². The van der Waals surface area contributed by atoms with Crippen LogP contribution < -0.4 is 0 Å². The van der Waals surface area contributed by atoms with E-state index in [1.165, 1.54) is 0 Å². The second kappa shape index (κ2) is 7.82.